The molecule has 2 aromatic carbocycles. The zero-order valence-corrected chi connectivity index (χ0v) is 15.8. The molecule has 4 rings (SSSR count). The molecule has 6 heteroatoms. The van der Waals surface area contributed by atoms with E-state index in [1.807, 2.05) is 66.7 Å². The molecule has 0 aliphatic heterocycles. The molecule has 0 atom stereocenters. The smallest absolute Gasteiger partial charge is 0.277 e. The fraction of sp³-hybridized carbons (Fsp3) is 0.0870. The molecule has 29 heavy (non-hydrogen) atoms. The fourth-order valence-electron chi connectivity index (χ4n) is 3.05. The van der Waals surface area contributed by atoms with Crippen LogP contribution in [0.15, 0.2) is 94.9 Å². The Kier molecular flexibility index (Phi) is 5.33. The van der Waals surface area contributed by atoms with E-state index >= 15 is 0 Å². The number of rotatable bonds is 7. The SMILES string of the molecule is C=CCn1c(-c2ccccc2)ncc(NCc2cc(-c3ccccc3)no2)c1=O. The number of allylic oxidation sites excluding steroid dienone is 1. The van der Waals surface area contributed by atoms with E-state index in [-0.39, 0.29) is 5.56 Å². The first-order chi connectivity index (χ1) is 14.3. The molecule has 2 aromatic heterocycles. The highest BCUT2D eigenvalue weighted by Gasteiger charge is 2.12. The molecule has 0 saturated carbocycles. The molecule has 144 valence electrons. The van der Waals surface area contributed by atoms with Gasteiger partial charge in [0.25, 0.3) is 5.56 Å². The summed E-state index contributed by atoms with van der Waals surface area (Å²) in [5, 5.41) is 7.20. The number of aromatic nitrogens is 3. The summed E-state index contributed by atoms with van der Waals surface area (Å²) in [6.45, 7) is 4.45. The zero-order chi connectivity index (χ0) is 20.1. The van der Waals surface area contributed by atoms with Gasteiger partial charge in [-0.05, 0) is 0 Å². The van der Waals surface area contributed by atoms with Crippen molar-refractivity contribution in [3.05, 3.63) is 102 Å². The lowest BCUT2D eigenvalue weighted by atomic mass is 10.1. The second kappa shape index (κ2) is 8.39. The van der Waals surface area contributed by atoms with Crippen LogP contribution < -0.4 is 10.9 Å². The molecule has 0 radical (unpaired) electrons. The maximum atomic E-state index is 13.0. The Morgan fingerprint density at radius 3 is 2.41 bits per heavy atom. The largest absolute Gasteiger partial charge is 0.372 e. The van der Waals surface area contributed by atoms with E-state index in [1.165, 1.54) is 0 Å². The second-order valence-electron chi connectivity index (χ2n) is 6.46. The molecule has 0 saturated heterocycles. The summed E-state index contributed by atoms with van der Waals surface area (Å²) in [5.74, 6) is 1.23. The summed E-state index contributed by atoms with van der Waals surface area (Å²) in [7, 11) is 0. The minimum atomic E-state index is -0.165. The molecule has 0 amide bonds. The van der Waals surface area contributed by atoms with Crippen LogP contribution in [0.4, 0.5) is 5.69 Å². The summed E-state index contributed by atoms with van der Waals surface area (Å²) < 4.78 is 6.99. The van der Waals surface area contributed by atoms with Crippen LogP contribution in [0.1, 0.15) is 5.76 Å². The van der Waals surface area contributed by atoms with Crippen LogP contribution in [0, 0.1) is 0 Å². The molecule has 0 fully saturated rings. The Bertz CT molecular complexity index is 1160. The van der Waals surface area contributed by atoms with Crippen LogP contribution in [-0.4, -0.2) is 14.7 Å². The normalized spacial score (nSPS) is 10.6. The van der Waals surface area contributed by atoms with Crippen molar-refractivity contribution in [2.45, 2.75) is 13.1 Å². The van der Waals surface area contributed by atoms with Gasteiger partial charge in [0, 0.05) is 23.7 Å². The van der Waals surface area contributed by atoms with Crippen LogP contribution in [0.5, 0.6) is 0 Å². The number of hydrogen-bond acceptors (Lipinski definition) is 5. The summed E-state index contributed by atoms with van der Waals surface area (Å²) >= 11 is 0. The number of nitrogens with one attached hydrogen (secondary N) is 1. The first kappa shape index (κ1) is 18.4. The monoisotopic (exact) mass is 384 g/mol. The predicted octanol–water partition coefficient (Wildman–Crippen LogP) is 4.36. The number of hydrogen-bond donors (Lipinski definition) is 1. The molecule has 4 aromatic rings. The van der Waals surface area contributed by atoms with Gasteiger partial charge < -0.3 is 9.84 Å². The fourth-order valence-corrected chi connectivity index (χ4v) is 3.05. The van der Waals surface area contributed by atoms with Gasteiger partial charge in [-0.25, -0.2) is 4.98 Å². The van der Waals surface area contributed by atoms with Crippen molar-refractivity contribution in [2.24, 2.45) is 0 Å². The topological polar surface area (TPSA) is 73.0 Å². The summed E-state index contributed by atoms with van der Waals surface area (Å²) in [5.41, 5.74) is 2.83. The first-order valence-electron chi connectivity index (χ1n) is 9.27. The molecule has 0 aliphatic rings. The lowest BCUT2D eigenvalue weighted by Crippen LogP contribution is -2.25. The quantitative estimate of drug-likeness (QED) is 0.479. The Hall–Kier alpha value is -3.93. The van der Waals surface area contributed by atoms with Gasteiger partial charge in [-0.1, -0.05) is 71.9 Å². The van der Waals surface area contributed by atoms with Gasteiger partial charge in [-0.2, -0.15) is 0 Å². The molecule has 0 spiro atoms. The van der Waals surface area contributed by atoms with E-state index in [1.54, 1.807) is 16.8 Å². The van der Waals surface area contributed by atoms with Gasteiger partial charge in [0.2, 0.25) is 0 Å². The predicted molar refractivity (Wildman–Crippen MR) is 113 cm³/mol. The molecule has 6 nitrogen and oxygen atoms in total. The van der Waals surface area contributed by atoms with Crippen molar-refractivity contribution in [1.29, 1.82) is 0 Å². The van der Waals surface area contributed by atoms with Crippen molar-refractivity contribution in [1.82, 2.24) is 14.7 Å². The lowest BCUT2D eigenvalue weighted by molar-refractivity contribution is 0.390. The minimum Gasteiger partial charge on any atom is -0.372 e. The lowest BCUT2D eigenvalue weighted by Gasteiger charge is -2.12. The van der Waals surface area contributed by atoms with Crippen LogP contribution >= 0.6 is 0 Å². The third kappa shape index (κ3) is 4.01. The molecular weight excluding hydrogens is 364 g/mol. The van der Waals surface area contributed by atoms with Gasteiger partial charge in [-0.15, -0.1) is 6.58 Å². The van der Waals surface area contributed by atoms with E-state index in [9.17, 15) is 4.79 Å². The number of anilines is 1. The second-order valence-corrected chi connectivity index (χ2v) is 6.46. The van der Waals surface area contributed by atoms with Crippen LogP contribution in [0.25, 0.3) is 22.6 Å². The van der Waals surface area contributed by atoms with E-state index in [2.05, 4.69) is 22.0 Å². The van der Waals surface area contributed by atoms with Crippen LogP contribution in [-0.2, 0) is 13.1 Å². The molecule has 0 aliphatic carbocycles. The molecule has 0 bridgehead atoms. The Morgan fingerprint density at radius 2 is 1.72 bits per heavy atom. The van der Waals surface area contributed by atoms with Crippen LogP contribution in [0.3, 0.4) is 0 Å². The summed E-state index contributed by atoms with van der Waals surface area (Å²) in [6, 6.07) is 21.3. The Morgan fingerprint density at radius 1 is 1.03 bits per heavy atom. The average molecular weight is 384 g/mol. The maximum absolute atomic E-state index is 13.0. The van der Waals surface area contributed by atoms with Gasteiger partial charge in [0.15, 0.2) is 5.76 Å². The highest BCUT2D eigenvalue weighted by molar-refractivity contribution is 5.59. The molecule has 1 N–H and O–H groups in total. The van der Waals surface area contributed by atoms with E-state index in [0.29, 0.717) is 30.4 Å². The molecule has 0 unspecified atom stereocenters. The highest BCUT2D eigenvalue weighted by atomic mass is 16.5. The molecule has 2 heterocycles. The van der Waals surface area contributed by atoms with Crippen molar-refractivity contribution in [3.63, 3.8) is 0 Å². The van der Waals surface area contributed by atoms with E-state index < -0.39 is 0 Å². The third-order valence-electron chi connectivity index (χ3n) is 4.47. The van der Waals surface area contributed by atoms with Gasteiger partial charge in [0.05, 0.1) is 12.7 Å². The Balaban J connectivity index is 1.57. The average Bonchev–Trinajstić information content (AvgIpc) is 3.25. The van der Waals surface area contributed by atoms with Gasteiger partial charge in [-0.3, -0.25) is 9.36 Å². The number of benzene rings is 2. The van der Waals surface area contributed by atoms with Crippen molar-refractivity contribution < 1.29 is 4.52 Å². The van der Waals surface area contributed by atoms with Gasteiger partial charge in [0.1, 0.15) is 17.2 Å². The third-order valence-corrected chi connectivity index (χ3v) is 4.47. The van der Waals surface area contributed by atoms with Crippen molar-refractivity contribution in [3.8, 4) is 22.6 Å². The summed E-state index contributed by atoms with van der Waals surface area (Å²) in [4.78, 5) is 17.5. The number of nitrogens with zero attached hydrogens (tertiary/aromatic N) is 3. The Labute approximate surface area is 168 Å². The molecular formula is C23H20N4O2. The standard InChI is InChI=1S/C23H20N4O2/c1-2-13-27-22(18-11-7-4-8-12-18)25-16-21(23(27)28)24-15-19-14-20(26-29-19)17-9-5-3-6-10-17/h2-12,14,16,24H,1,13,15H2. The van der Waals surface area contributed by atoms with Crippen LogP contribution in [0.2, 0.25) is 0 Å². The minimum absolute atomic E-state index is 0.165. The zero-order valence-electron chi connectivity index (χ0n) is 15.8. The van der Waals surface area contributed by atoms with Crippen molar-refractivity contribution in [2.75, 3.05) is 5.32 Å². The van der Waals surface area contributed by atoms with Crippen molar-refractivity contribution >= 4 is 5.69 Å². The highest BCUT2D eigenvalue weighted by Crippen LogP contribution is 2.20. The summed E-state index contributed by atoms with van der Waals surface area (Å²) in [6.07, 6.45) is 3.24. The first-order valence-corrected chi connectivity index (χ1v) is 9.27. The van der Waals surface area contributed by atoms with E-state index in [4.69, 9.17) is 4.52 Å². The van der Waals surface area contributed by atoms with Gasteiger partial charge >= 0.3 is 0 Å². The van der Waals surface area contributed by atoms with E-state index in [0.717, 1.165) is 16.8 Å². The maximum Gasteiger partial charge on any atom is 0.277 e.